The standard InChI is InChI=1S/C15H21BrN2O2/c1-17(11-15(19)18-7-3-4-8-18)10-12-5-6-14(20-2)13(16)9-12/h5-6,9H,3-4,7-8,10-11H2,1-2H3. The van der Waals surface area contributed by atoms with E-state index in [4.69, 9.17) is 4.74 Å². The number of carbonyl (C=O) groups excluding carboxylic acids is 1. The lowest BCUT2D eigenvalue weighted by molar-refractivity contribution is -0.131. The Kier molecular flexibility index (Phi) is 5.43. The van der Waals surface area contributed by atoms with Gasteiger partial charge in [-0.1, -0.05) is 6.07 Å². The monoisotopic (exact) mass is 340 g/mol. The van der Waals surface area contributed by atoms with Gasteiger partial charge in [-0.05, 0) is 53.5 Å². The zero-order valence-corrected chi connectivity index (χ0v) is 13.6. The minimum Gasteiger partial charge on any atom is -0.496 e. The van der Waals surface area contributed by atoms with Gasteiger partial charge in [0, 0.05) is 19.6 Å². The van der Waals surface area contributed by atoms with E-state index >= 15 is 0 Å². The van der Waals surface area contributed by atoms with E-state index < -0.39 is 0 Å². The molecular weight excluding hydrogens is 320 g/mol. The number of amides is 1. The molecule has 0 saturated carbocycles. The van der Waals surface area contributed by atoms with Crippen LogP contribution in [0.25, 0.3) is 0 Å². The number of ether oxygens (including phenoxy) is 1. The minimum atomic E-state index is 0.234. The Balaban J connectivity index is 1.88. The van der Waals surface area contributed by atoms with Crippen molar-refractivity contribution in [3.8, 4) is 5.75 Å². The van der Waals surface area contributed by atoms with Gasteiger partial charge in [-0.25, -0.2) is 0 Å². The molecule has 0 aliphatic carbocycles. The molecule has 1 amide bonds. The first-order valence-electron chi connectivity index (χ1n) is 6.89. The smallest absolute Gasteiger partial charge is 0.236 e. The molecular formula is C15H21BrN2O2. The van der Waals surface area contributed by atoms with E-state index in [0.29, 0.717) is 6.54 Å². The van der Waals surface area contributed by atoms with Crippen molar-refractivity contribution in [3.63, 3.8) is 0 Å². The van der Waals surface area contributed by atoms with Gasteiger partial charge in [-0.3, -0.25) is 9.69 Å². The summed E-state index contributed by atoms with van der Waals surface area (Å²) in [5.41, 5.74) is 1.16. The molecule has 1 aromatic rings. The van der Waals surface area contributed by atoms with E-state index in [1.165, 1.54) is 0 Å². The molecule has 0 bridgehead atoms. The predicted octanol–water partition coefficient (Wildman–Crippen LogP) is 2.51. The quantitative estimate of drug-likeness (QED) is 0.825. The van der Waals surface area contributed by atoms with Crippen LogP contribution in [0.1, 0.15) is 18.4 Å². The van der Waals surface area contributed by atoms with E-state index in [2.05, 4.69) is 20.8 Å². The molecule has 1 aromatic carbocycles. The third kappa shape index (κ3) is 3.96. The summed E-state index contributed by atoms with van der Waals surface area (Å²) in [5, 5.41) is 0. The number of likely N-dealkylation sites (N-methyl/N-ethyl adjacent to an activating group) is 1. The van der Waals surface area contributed by atoms with Crippen LogP contribution >= 0.6 is 15.9 Å². The molecule has 0 aromatic heterocycles. The number of carbonyl (C=O) groups is 1. The fourth-order valence-corrected chi connectivity index (χ4v) is 3.06. The minimum absolute atomic E-state index is 0.234. The second-order valence-electron chi connectivity index (χ2n) is 5.23. The highest BCUT2D eigenvalue weighted by molar-refractivity contribution is 9.10. The van der Waals surface area contributed by atoms with Crippen molar-refractivity contribution in [2.24, 2.45) is 0 Å². The average Bonchev–Trinajstić information content (AvgIpc) is 2.92. The molecule has 1 aliphatic heterocycles. The topological polar surface area (TPSA) is 32.8 Å². The lowest BCUT2D eigenvalue weighted by Crippen LogP contribution is -2.36. The van der Waals surface area contributed by atoms with E-state index in [9.17, 15) is 4.79 Å². The number of benzene rings is 1. The van der Waals surface area contributed by atoms with Crippen LogP contribution in [0.4, 0.5) is 0 Å². The maximum Gasteiger partial charge on any atom is 0.236 e. The number of hydrogen-bond donors (Lipinski definition) is 0. The lowest BCUT2D eigenvalue weighted by Gasteiger charge is -2.21. The van der Waals surface area contributed by atoms with Crippen molar-refractivity contribution in [2.75, 3.05) is 33.8 Å². The number of nitrogens with zero attached hydrogens (tertiary/aromatic N) is 2. The van der Waals surface area contributed by atoms with Crippen LogP contribution in [-0.4, -0.2) is 49.5 Å². The maximum absolute atomic E-state index is 12.1. The fraction of sp³-hybridized carbons (Fsp3) is 0.533. The summed E-state index contributed by atoms with van der Waals surface area (Å²) < 4.78 is 6.16. The highest BCUT2D eigenvalue weighted by atomic mass is 79.9. The van der Waals surface area contributed by atoms with E-state index in [0.717, 1.165) is 48.3 Å². The van der Waals surface area contributed by atoms with Crippen LogP contribution in [0.2, 0.25) is 0 Å². The summed E-state index contributed by atoms with van der Waals surface area (Å²) in [7, 11) is 3.63. The molecule has 1 aliphatic rings. The highest BCUT2D eigenvalue weighted by Crippen LogP contribution is 2.25. The molecule has 20 heavy (non-hydrogen) atoms. The van der Waals surface area contributed by atoms with Gasteiger partial charge in [-0.2, -0.15) is 0 Å². The summed E-state index contributed by atoms with van der Waals surface area (Å²) >= 11 is 3.48. The van der Waals surface area contributed by atoms with Gasteiger partial charge < -0.3 is 9.64 Å². The fourth-order valence-electron chi connectivity index (χ4n) is 2.47. The molecule has 0 radical (unpaired) electrons. The molecule has 0 atom stereocenters. The van der Waals surface area contributed by atoms with Crippen molar-refractivity contribution >= 4 is 21.8 Å². The second-order valence-corrected chi connectivity index (χ2v) is 6.08. The van der Waals surface area contributed by atoms with E-state index in [-0.39, 0.29) is 5.91 Å². The van der Waals surface area contributed by atoms with Gasteiger partial charge in [0.25, 0.3) is 0 Å². The number of rotatable bonds is 5. The summed E-state index contributed by atoms with van der Waals surface area (Å²) in [5.74, 6) is 1.06. The normalized spacial score (nSPS) is 14.9. The molecule has 4 nitrogen and oxygen atoms in total. The first-order chi connectivity index (χ1) is 9.60. The van der Waals surface area contributed by atoms with Crippen LogP contribution < -0.4 is 4.74 Å². The van der Waals surface area contributed by atoms with Gasteiger partial charge in [0.1, 0.15) is 5.75 Å². The number of likely N-dealkylation sites (tertiary alicyclic amines) is 1. The van der Waals surface area contributed by atoms with Crippen molar-refractivity contribution in [2.45, 2.75) is 19.4 Å². The molecule has 2 rings (SSSR count). The van der Waals surface area contributed by atoms with Crippen molar-refractivity contribution in [1.29, 1.82) is 0 Å². The molecule has 5 heteroatoms. The Bertz CT molecular complexity index is 473. The Morgan fingerprint density at radius 3 is 2.70 bits per heavy atom. The maximum atomic E-state index is 12.1. The molecule has 0 N–H and O–H groups in total. The Hall–Kier alpha value is -1.07. The second kappa shape index (κ2) is 7.09. The molecule has 110 valence electrons. The van der Waals surface area contributed by atoms with Crippen molar-refractivity contribution in [3.05, 3.63) is 28.2 Å². The van der Waals surface area contributed by atoms with Crippen LogP contribution in [0.15, 0.2) is 22.7 Å². The lowest BCUT2D eigenvalue weighted by atomic mass is 10.2. The number of hydrogen-bond acceptors (Lipinski definition) is 3. The van der Waals surface area contributed by atoms with E-state index in [1.807, 2.05) is 30.1 Å². The van der Waals surface area contributed by atoms with Crippen LogP contribution in [-0.2, 0) is 11.3 Å². The first kappa shape index (κ1) is 15.3. The molecule has 0 unspecified atom stereocenters. The Labute approximate surface area is 128 Å². The molecule has 0 spiro atoms. The van der Waals surface area contributed by atoms with Gasteiger partial charge in [-0.15, -0.1) is 0 Å². The zero-order valence-electron chi connectivity index (χ0n) is 12.1. The van der Waals surface area contributed by atoms with Gasteiger partial charge in [0.2, 0.25) is 5.91 Å². The summed E-state index contributed by atoms with van der Waals surface area (Å²) in [6.07, 6.45) is 2.28. The number of methoxy groups -OCH3 is 1. The number of halogens is 1. The SMILES string of the molecule is COc1ccc(CN(C)CC(=O)N2CCCC2)cc1Br. The average molecular weight is 341 g/mol. The Morgan fingerprint density at radius 2 is 2.10 bits per heavy atom. The largest absolute Gasteiger partial charge is 0.496 e. The molecule has 1 fully saturated rings. The van der Waals surface area contributed by atoms with Gasteiger partial charge in [0.15, 0.2) is 0 Å². The van der Waals surface area contributed by atoms with Crippen LogP contribution in [0, 0.1) is 0 Å². The zero-order chi connectivity index (χ0) is 14.5. The third-order valence-corrected chi connectivity index (χ3v) is 4.15. The highest BCUT2D eigenvalue weighted by Gasteiger charge is 2.19. The molecule has 1 saturated heterocycles. The first-order valence-corrected chi connectivity index (χ1v) is 7.68. The Morgan fingerprint density at radius 1 is 1.40 bits per heavy atom. The van der Waals surface area contributed by atoms with Crippen LogP contribution in [0.3, 0.4) is 0 Å². The van der Waals surface area contributed by atoms with Crippen molar-refractivity contribution < 1.29 is 9.53 Å². The van der Waals surface area contributed by atoms with E-state index in [1.54, 1.807) is 7.11 Å². The van der Waals surface area contributed by atoms with Gasteiger partial charge >= 0.3 is 0 Å². The summed E-state index contributed by atoms with van der Waals surface area (Å²) in [6, 6.07) is 6.01. The predicted molar refractivity (Wildman–Crippen MR) is 82.8 cm³/mol. The van der Waals surface area contributed by atoms with Crippen molar-refractivity contribution in [1.82, 2.24) is 9.80 Å². The molecule has 1 heterocycles. The third-order valence-electron chi connectivity index (χ3n) is 3.53. The van der Waals surface area contributed by atoms with Crippen LogP contribution in [0.5, 0.6) is 5.75 Å². The van der Waals surface area contributed by atoms with Gasteiger partial charge in [0.05, 0.1) is 18.1 Å². The summed E-state index contributed by atoms with van der Waals surface area (Å²) in [6.45, 7) is 3.06. The summed E-state index contributed by atoms with van der Waals surface area (Å²) in [4.78, 5) is 16.1.